The maximum absolute atomic E-state index is 6.10. The zero-order valence-electron chi connectivity index (χ0n) is 11.2. The Labute approximate surface area is 115 Å². The predicted octanol–water partition coefficient (Wildman–Crippen LogP) is 2.33. The highest BCUT2D eigenvalue weighted by molar-refractivity contribution is 6.30. The van der Waals surface area contributed by atoms with E-state index in [0.29, 0.717) is 12.6 Å². The smallest absolute Gasteiger partial charge is 0.0426 e. The first-order valence-electron chi connectivity index (χ1n) is 6.51. The van der Waals surface area contributed by atoms with Crippen molar-refractivity contribution in [1.82, 2.24) is 4.90 Å². The summed E-state index contributed by atoms with van der Waals surface area (Å²) in [7, 11) is 4.34. The molecule has 0 amide bonds. The zero-order valence-corrected chi connectivity index (χ0v) is 12.0. The van der Waals surface area contributed by atoms with Crippen molar-refractivity contribution in [3.63, 3.8) is 0 Å². The van der Waals surface area contributed by atoms with E-state index in [2.05, 4.69) is 23.9 Å². The first kappa shape index (κ1) is 13.7. The number of piperidine rings is 1. The predicted molar refractivity (Wildman–Crippen MR) is 78.3 cm³/mol. The fraction of sp³-hybridized carbons (Fsp3) is 0.571. The minimum atomic E-state index is 0.559. The number of rotatable bonds is 3. The minimum absolute atomic E-state index is 0.559. The lowest BCUT2D eigenvalue weighted by Gasteiger charge is -2.37. The van der Waals surface area contributed by atoms with Crippen LogP contribution in [0.5, 0.6) is 0 Å². The highest BCUT2D eigenvalue weighted by Gasteiger charge is 2.22. The lowest BCUT2D eigenvalue weighted by Crippen LogP contribution is -2.42. The first-order chi connectivity index (χ1) is 8.61. The second kappa shape index (κ2) is 5.91. The van der Waals surface area contributed by atoms with Crippen LogP contribution in [0.15, 0.2) is 18.2 Å². The van der Waals surface area contributed by atoms with Crippen molar-refractivity contribution < 1.29 is 0 Å². The quantitative estimate of drug-likeness (QED) is 0.912. The Bertz CT molecular complexity index is 400. The average molecular weight is 268 g/mol. The Balaban J connectivity index is 2.17. The van der Waals surface area contributed by atoms with Gasteiger partial charge in [-0.25, -0.2) is 0 Å². The molecule has 2 rings (SSSR count). The van der Waals surface area contributed by atoms with Gasteiger partial charge in [0.1, 0.15) is 0 Å². The largest absolute Gasteiger partial charge is 0.371 e. The molecular weight excluding hydrogens is 246 g/mol. The second-order valence-electron chi connectivity index (χ2n) is 5.12. The third-order valence-corrected chi connectivity index (χ3v) is 4.12. The second-order valence-corrected chi connectivity index (χ2v) is 5.56. The van der Waals surface area contributed by atoms with E-state index < -0.39 is 0 Å². The molecule has 0 aliphatic carbocycles. The fourth-order valence-corrected chi connectivity index (χ4v) is 2.78. The Morgan fingerprint density at radius 3 is 2.67 bits per heavy atom. The summed E-state index contributed by atoms with van der Waals surface area (Å²) in [5.41, 5.74) is 8.16. The molecule has 0 spiro atoms. The van der Waals surface area contributed by atoms with Gasteiger partial charge in [-0.2, -0.15) is 0 Å². The van der Waals surface area contributed by atoms with Crippen LogP contribution in [0.3, 0.4) is 0 Å². The molecule has 0 aromatic heterocycles. The van der Waals surface area contributed by atoms with E-state index in [1.54, 1.807) is 0 Å². The highest BCUT2D eigenvalue weighted by atomic mass is 35.5. The van der Waals surface area contributed by atoms with Gasteiger partial charge in [0.15, 0.2) is 0 Å². The Morgan fingerprint density at radius 1 is 1.39 bits per heavy atom. The van der Waals surface area contributed by atoms with E-state index in [9.17, 15) is 0 Å². The number of nitrogens with zero attached hydrogens (tertiary/aromatic N) is 2. The summed E-state index contributed by atoms with van der Waals surface area (Å²) in [6.07, 6.45) is 2.40. The van der Waals surface area contributed by atoms with Gasteiger partial charge in [-0.3, -0.25) is 0 Å². The summed E-state index contributed by atoms with van der Waals surface area (Å²) in [4.78, 5) is 4.73. The SMILES string of the molecule is CN1CCC(N(C)c2cc(Cl)ccc2CN)CC1. The molecular formula is C14H22ClN3. The van der Waals surface area contributed by atoms with Gasteiger partial charge in [-0.15, -0.1) is 0 Å². The normalized spacial score (nSPS) is 18.0. The van der Waals surface area contributed by atoms with Gasteiger partial charge >= 0.3 is 0 Å². The molecule has 1 aromatic rings. The maximum Gasteiger partial charge on any atom is 0.0426 e. The molecule has 100 valence electrons. The molecule has 18 heavy (non-hydrogen) atoms. The standard InChI is InChI=1S/C14H22ClN3/c1-17-7-5-13(6-8-17)18(2)14-9-12(15)4-3-11(14)10-16/h3-4,9,13H,5-8,10,16H2,1-2H3. The van der Waals surface area contributed by atoms with Gasteiger partial charge in [0, 0.05) is 30.3 Å². The minimum Gasteiger partial charge on any atom is -0.371 e. The number of anilines is 1. The monoisotopic (exact) mass is 267 g/mol. The molecule has 3 nitrogen and oxygen atoms in total. The molecule has 0 atom stereocenters. The average Bonchev–Trinajstić information content (AvgIpc) is 2.39. The summed E-state index contributed by atoms with van der Waals surface area (Å²) >= 11 is 6.10. The van der Waals surface area contributed by atoms with Crippen molar-refractivity contribution >= 4 is 17.3 Å². The van der Waals surface area contributed by atoms with Crippen LogP contribution in [-0.4, -0.2) is 38.1 Å². The number of likely N-dealkylation sites (tertiary alicyclic amines) is 1. The van der Waals surface area contributed by atoms with Crippen molar-refractivity contribution in [2.24, 2.45) is 5.73 Å². The van der Waals surface area contributed by atoms with E-state index >= 15 is 0 Å². The number of hydrogen-bond donors (Lipinski definition) is 1. The van der Waals surface area contributed by atoms with Crippen molar-refractivity contribution in [3.8, 4) is 0 Å². The molecule has 1 saturated heterocycles. The van der Waals surface area contributed by atoms with Gasteiger partial charge in [0.25, 0.3) is 0 Å². The van der Waals surface area contributed by atoms with Gasteiger partial charge in [0.2, 0.25) is 0 Å². The van der Waals surface area contributed by atoms with Gasteiger partial charge in [-0.1, -0.05) is 17.7 Å². The van der Waals surface area contributed by atoms with E-state index in [1.807, 2.05) is 18.2 Å². The highest BCUT2D eigenvalue weighted by Crippen LogP contribution is 2.28. The number of hydrogen-bond acceptors (Lipinski definition) is 3. The summed E-state index contributed by atoms with van der Waals surface area (Å²) in [5.74, 6) is 0. The molecule has 0 bridgehead atoms. The third kappa shape index (κ3) is 2.97. The molecule has 1 fully saturated rings. The number of nitrogens with two attached hydrogens (primary N) is 1. The number of halogens is 1. The lowest BCUT2D eigenvalue weighted by molar-refractivity contribution is 0.253. The molecule has 0 unspecified atom stereocenters. The summed E-state index contributed by atoms with van der Waals surface area (Å²) in [5, 5.41) is 0.780. The molecule has 1 aliphatic rings. The van der Waals surface area contributed by atoms with E-state index in [0.717, 1.165) is 18.1 Å². The molecule has 4 heteroatoms. The van der Waals surface area contributed by atoms with Gasteiger partial charge in [-0.05, 0) is 50.7 Å². The van der Waals surface area contributed by atoms with Gasteiger partial charge in [0.05, 0.1) is 0 Å². The first-order valence-corrected chi connectivity index (χ1v) is 6.89. The van der Waals surface area contributed by atoms with Crippen LogP contribution < -0.4 is 10.6 Å². The van der Waals surface area contributed by atoms with Crippen LogP contribution in [0.2, 0.25) is 5.02 Å². The Hall–Kier alpha value is -0.770. The third-order valence-electron chi connectivity index (χ3n) is 3.88. The lowest BCUT2D eigenvalue weighted by atomic mass is 10.0. The molecule has 0 radical (unpaired) electrons. The van der Waals surface area contributed by atoms with Crippen LogP contribution in [0.1, 0.15) is 18.4 Å². The summed E-state index contributed by atoms with van der Waals surface area (Å²) in [6, 6.07) is 6.56. The van der Waals surface area contributed by atoms with Crippen LogP contribution in [0.25, 0.3) is 0 Å². The summed E-state index contributed by atoms with van der Waals surface area (Å²) in [6.45, 7) is 2.88. The van der Waals surface area contributed by atoms with E-state index in [-0.39, 0.29) is 0 Å². The fourth-order valence-electron chi connectivity index (χ4n) is 2.62. The zero-order chi connectivity index (χ0) is 13.1. The van der Waals surface area contributed by atoms with Crippen LogP contribution in [0.4, 0.5) is 5.69 Å². The molecule has 1 aliphatic heterocycles. The van der Waals surface area contributed by atoms with Crippen molar-refractivity contribution in [1.29, 1.82) is 0 Å². The van der Waals surface area contributed by atoms with Crippen LogP contribution in [-0.2, 0) is 6.54 Å². The van der Waals surface area contributed by atoms with Gasteiger partial charge < -0.3 is 15.5 Å². The number of benzene rings is 1. The molecule has 2 N–H and O–H groups in total. The van der Waals surface area contributed by atoms with Crippen molar-refractivity contribution in [3.05, 3.63) is 28.8 Å². The molecule has 1 aromatic carbocycles. The summed E-state index contributed by atoms with van der Waals surface area (Å²) < 4.78 is 0. The van der Waals surface area contributed by atoms with Crippen LogP contribution in [0, 0.1) is 0 Å². The van der Waals surface area contributed by atoms with Crippen LogP contribution >= 0.6 is 11.6 Å². The van der Waals surface area contributed by atoms with E-state index in [4.69, 9.17) is 17.3 Å². The Morgan fingerprint density at radius 2 is 2.06 bits per heavy atom. The Kier molecular flexibility index (Phi) is 4.49. The van der Waals surface area contributed by atoms with Crippen molar-refractivity contribution in [2.75, 3.05) is 32.1 Å². The maximum atomic E-state index is 6.10. The molecule has 1 heterocycles. The van der Waals surface area contributed by atoms with Crippen molar-refractivity contribution in [2.45, 2.75) is 25.4 Å². The van der Waals surface area contributed by atoms with E-state index in [1.165, 1.54) is 24.1 Å². The topological polar surface area (TPSA) is 32.5 Å². The molecule has 0 saturated carbocycles.